The number of carbonyl (C=O) groups is 2. The molecule has 0 unspecified atom stereocenters. The molecule has 0 saturated heterocycles. The molecule has 1 aromatic rings. The molecule has 5 heteroatoms. The number of aryl methyl sites for hydroxylation is 1. The summed E-state index contributed by atoms with van der Waals surface area (Å²) in [5.74, 6) is 0.189. The maximum Gasteiger partial charge on any atom is 0.329 e. The van der Waals surface area contributed by atoms with Crippen LogP contribution in [0.15, 0.2) is 22.8 Å². The number of furan rings is 1. The predicted molar refractivity (Wildman–Crippen MR) is 77.8 cm³/mol. The normalized spacial score (nSPS) is 25.5. The van der Waals surface area contributed by atoms with Crippen LogP contribution in [0.4, 0.5) is 0 Å². The zero-order valence-corrected chi connectivity index (χ0v) is 12.4. The van der Waals surface area contributed by atoms with E-state index in [9.17, 15) is 14.7 Å². The van der Waals surface area contributed by atoms with E-state index in [4.69, 9.17) is 4.42 Å². The highest BCUT2D eigenvalue weighted by Crippen LogP contribution is 2.34. The van der Waals surface area contributed by atoms with Crippen molar-refractivity contribution in [3.05, 3.63) is 24.2 Å². The Balaban J connectivity index is 1.90. The lowest BCUT2D eigenvalue weighted by molar-refractivity contribution is -0.149. The van der Waals surface area contributed by atoms with Gasteiger partial charge in [-0.15, -0.1) is 0 Å². The summed E-state index contributed by atoms with van der Waals surface area (Å²) in [6, 6.07) is 3.59. The Morgan fingerprint density at radius 3 is 2.67 bits per heavy atom. The van der Waals surface area contributed by atoms with Gasteiger partial charge < -0.3 is 14.8 Å². The largest absolute Gasteiger partial charge is 0.480 e. The number of nitrogens with one attached hydrogen (secondary N) is 1. The Morgan fingerprint density at radius 2 is 2.14 bits per heavy atom. The first-order chi connectivity index (χ1) is 10.1. The van der Waals surface area contributed by atoms with Gasteiger partial charge in [0.25, 0.3) is 0 Å². The van der Waals surface area contributed by atoms with Gasteiger partial charge in [-0.1, -0.05) is 13.3 Å². The Bertz CT molecular complexity index is 472. The van der Waals surface area contributed by atoms with Gasteiger partial charge in [0, 0.05) is 12.8 Å². The lowest BCUT2D eigenvalue weighted by Crippen LogP contribution is -2.56. The summed E-state index contributed by atoms with van der Waals surface area (Å²) < 4.78 is 5.18. The molecule has 0 bridgehead atoms. The zero-order valence-electron chi connectivity index (χ0n) is 12.4. The maximum absolute atomic E-state index is 12.1. The summed E-state index contributed by atoms with van der Waals surface area (Å²) in [5.41, 5.74) is -1.08. The lowest BCUT2D eigenvalue weighted by Gasteiger charge is -2.37. The topological polar surface area (TPSA) is 79.5 Å². The first kappa shape index (κ1) is 15.6. The molecular formula is C16H23NO4. The first-order valence-corrected chi connectivity index (χ1v) is 7.62. The van der Waals surface area contributed by atoms with Crippen LogP contribution < -0.4 is 5.32 Å². The fourth-order valence-electron chi connectivity index (χ4n) is 2.99. The number of amides is 1. The molecular weight excluding hydrogens is 270 g/mol. The quantitative estimate of drug-likeness (QED) is 0.845. The van der Waals surface area contributed by atoms with E-state index in [0.29, 0.717) is 25.2 Å². The summed E-state index contributed by atoms with van der Waals surface area (Å²) in [7, 11) is 0. The number of hydrogen-bond acceptors (Lipinski definition) is 3. The van der Waals surface area contributed by atoms with Crippen LogP contribution in [0, 0.1) is 5.92 Å². The monoisotopic (exact) mass is 293 g/mol. The van der Waals surface area contributed by atoms with Crippen molar-refractivity contribution in [2.75, 3.05) is 0 Å². The van der Waals surface area contributed by atoms with E-state index in [1.54, 1.807) is 12.3 Å². The van der Waals surface area contributed by atoms with Gasteiger partial charge in [0.2, 0.25) is 5.91 Å². The molecule has 1 aliphatic rings. The number of rotatable bonds is 6. The van der Waals surface area contributed by atoms with Crippen LogP contribution in [0.1, 0.15) is 51.2 Å². The van der Waals surface area contributed by atoms with E-state index in [1.807, 2.05) is 6.07 Å². The number of carboxylic acid groups (broad SMARTS) is 1. The number of aliphatic carboxylic acids is 1. The highest BCUT2D eigenvalue weighted by molar-refractivity contribution is 5.87. The van der Waals surface area contributed by atoms with E-state index in [2.05, 4.69) is 12.2 Å². The summed E-state index contributed by atoms with van der Waals surface area (Å²) in [4.78, 5) is 23.7. The molecule has 1 amide bonds. The standard InChI is InChI=1S/C16H23NO4/c1-2-12-7-9-16(10-8-12,15(19)20)17-14(18)6-5-13-4-3-11-21-13/h3-4,11-12H,2,5-10H2,1H3,(H,17,18)(H,19,20). The maximum atomic E-state index is 12.1. The van der Waals surface area contributed by atoms with Crippen LogP contribution in [-0.2, 0) is 16.0 Å². The van der Waals surface area contributed by atoms with Gasteiger partial charge in [0.1, 0.15) is 11.3 Å². The molecule has 1 fully saturated rings. The second-order valence-electron chi connectivity index (χ2n) is 5.87. The van der Waals surface area contributed by atoms with Gasteiger partial charge in [-0.25, -0.2) is 4.79 Å². The van der Waals surface area contributed by atoms with Crippen LogP contribution in [0.5, 0.6) is 0 Å². The van der Waals surface area contributed by atoms with E-state index in [1.165, 1.54) is 0 Å². The minimum absolute atomic E-state index is 0.219. The van der Waals surface area contributed by atoms with Gasteiger partial charge in [0.05, 0.1) is 6.26 Å². The molecule has 0 radical (unpaired) electrons. The van der Waals surface area contributed by atoms with Crippen molar-refractivity contribution in [1.82, 2.24) is 5.32 Å². The first-order valence-electron chi connectivity index (χ1n) is 7.62. The number of hydrogen-bond donors (Lipinski definition) is 2. The van der Waals surface area contributed by atoms with Gasteiger partial charge >= 0.3 is 5.97 Å². The van der Waals surface area contributed by atoms with Crippen molar-refractivity contribution >= 4 is 11.9 Å². The third kappa shape index (κ3) is 3.86. The highest BCUT2D eigenvalue weighted by Gasteiger charge is 2.42. The van der Waals surface area contributed by atoms with E-state index in [-0.39, 0.29) is 12.3 Å². The van der Waals surface area contributed by atoms with Crippen molar-refractivity contribution in [3.63, 3.8) is 0 Å². The van der Waals surface area contributed by atoms with Crippen molar-refractivity contribution in [3.8, 4) is 0 Å². The Morgan fingerprint density at radius 1 is 1.43 bits per heavy atom. The van der Waals surface area contributed by atoms with Crippen molar-refractivity contribution < 1.29 is 19.1 Å². The fourth-order valence-corrected chi connectivity index (χ4v) is 2.99. The summed E-state index contributed by atoms with van der Waals surface area (Å²) >= 11 is 0. The SMILES string of the molecule is CCC1CCC(NC(=O)CCc2ccco2)(C(=O)O)CC1. The molecule has 1 aliphatic carbocycles. The molecule has 0 atom stereocenters. The second-order valence-corrected chi connectivity index (χ2v) is 5.87. The minimum Gasteiger partial charge on any atom is -0.480 e. The molecule has 0 aromatic carbocycles. The number of carboxylic acids is 1. The third-order valence-corrected chi connectivity index (χ3v) is 4.50. The average molecular weight is 293 g/mol. The number of carbonyl (C=O) groups excluding carboxylic acids is 1. The van der Waals surface area contributed by atoms with E-state index < -0.39 is 11.5 Å². The van der Waals surface area contributed by atoms with Crippen LogP contribution in [-0.4, -0.2) is 22.5 Å². The van der Waals surface area contributed by atoms with Crippen LogP contribution in [0.2, 0.25) is 0 Å². The molecule has 2 N–H and O–H groups in total. The third-order valence-electron chi connectivity index (χ3n) is 4.50. The van der Waals surface area contributed by atoms with Gasteiger partial charge in [-0.2, -0.15) is 0 Å². The molecule has 1 saturated carbocycles. The van der Waals surface area contributed by atoms with E-state index >= 15 is 0 Å². The zero-order chi connectivity index (χ0) is 15.3. The van der Waals surface area contributed by atoms with Gasteiger partial charge in [-0.3, -0.25) is 4.79 Å². The van der Waals surface area contributed by atoms with Crippen molar-refractivity contribution in [1.29, 1.82) is 0 Å². The Hall–Kier alpha value is -1.78. The minimum atomic E-state index is -1.08. The van der Waals surface area contributed by atoms with Crippen LogP contribution >= 0.6 is 0 Å². The average Bonchev–Trinajstić information content (AvgIpc) is 2.99. The fraction of sp³-hybridized carbons (Fsp3) is 0.625. The van der Waals surface area contributed by atoms with E-state index in [0.717, 1.165) is 25.0 Å². The molecule has 1 heterocycles. The molecule has 1 aromatic heterocycles. The van der Waals surface area contributed by atoms with Crippen LogP contribution in [0.3, 0.4) is 0 Å². The molecule has 21 heavy (non-hydrogen) atoms. The van der Waals surface area contributed by atoms with Crippen LogP contribution in [0.25, 0.3) is 0 Å². The summed E-state index contributed by atoms with van der Waals surface area (Å²) in [6.07, 6.45) is 6.15. The smallest absolute Gasteiger partial charge is 0.329 e. The molecule has 116 valence electrons. The highest BCUT2D eigenvalue weighted by atomic mass is 16.4. The van der Waals surface area contributed by atoms with Crippen molar-refractivity contribution in [2.24, 2.45) is 5.92 Å². The molecule has 2 rings (SSSR count). The second kappa shape index (κ2) is 6.78. The summed E-state index contributed by atoms with van der Waals surface area (Å²) in [6.45, 7) is 2.13. The molecule has 5 nitrogen and oxygen atoms in total. The van der Waals surface area contributed by atoms with Crippen molar-refractivity contribution in [2.45, 2.75) is 57.4 Å². The lowest BCUT2D eigenvalue weighted by atomic mass is 9.75. The predicted octanol–water partition coefficient (Wildman–Crippen LogP) is 2.75. The Labute approximate surface area is 124 Å². The molecule has 0 aliphatic heterocycles. The van der Waals surface area contributed by atoms with Gasteiger partial charge in [-0.05, 0) is 43.7 Å². The van der Waals surface area contributed by atoms with Gasteiger partial charge in [0.15, 0.2) is 0 Å². The Kier molecular flexibility index (Phi) is 5.04. The molecule has 0 spiro atoms. The summed E-state index contributed by atoms with van der Waals surface area (Å²) in [5, 5.41) is 12.3.